The minimum Gasteiger partial charge on any atom is -0.495 e. The van der Waals surface area contributed by atoms with Crippen molar-refractivity contribution in [3.05, 3.63) is 28.4 Å². The fraction of sp³-hybridized carbons (Fsp3) is 0.182. The number of benzene rings is 1. The first kappa shape index (κ1) is 10.1. The molecule has 15 heavy (non-hydrogen) atoms. The van der Waals surface area contributed by atoms with E-state index in [1.165, 1.54) is 0 Å². The van der Waals surface area contributed by atoms with Gasteiger partial charge in [-0.15, -0.1) is 0 Å². The zero-order chi connectivity index (χ0) is 11.0. The van der Waals surface area contributed by atoms with Gasteiger partial charge in [0, 0.05) is 5.39 Å². The first-order chi connectivity index (χ1) is 7.19. The molecule has 1 N–H and O–H groups in total. The van der Waals surface area contributed by atoms with Gasteiger partial charge in [0.2, 0.25) is 0 Å². The zero-order valence-electron chi connectivity index (χ0n) is 8.43. The molecule has 0 radical (unpaired) electrons. The maximum atomic E-state index is 10.9. The molecule has 78 valence electrons. The van der Waals surface area contributed by atoms with Gasteiger partial charge in [-0.25, -0.2) is 0 Å². The molecule has 3 nitrogen and oxygen atoms in total. The number of H-pyrrole nitrogens is 1. The van der Waals surface area contributed by atoms with Gasteiger partial charge in [0.25, 0.3) is 0 Å². The molecule has 2 aromatic rings. The van der Waals surface area contributed by atoms with Gasteiger partial charge in [-0.2, -0.15) is 0 Å². The summed E-state index contributed by atoms with van der Waals surface area (Å²) in [6, 6.07) is 3.75. The Hall–Kier alpha value is -1.48. The van der Waals surface area contributed by atoms with E-state index in [1.807, 2.05) is 19.1 Å². The van der Waals surface area contributed by atoms with Crippen molar-refractivity contribution in [2.75, 3.05) is 7.11 Å². The van der Waals surface area contributed by atoms with E-state index in [1.54, 1.807) is 7.11 Å². The summed E-state index contributed by atoms with van der Waals surface area (Å²) < 4.78 is 5.19. The van der Waals surface area contributed by atoms with Gasteiger partial charge >= 0.3 is 0 Å². The van der Waals surface area contributed by atoms with Gasteiger partial charge < -0.3 is 9.72 Å². The summed E-state index contributed by atoms with van der Waals surface area (Å²) in [5.41, 5.74) is 2.25. The number of nitrogens with one attached hydrogen (secondary N) is 1. The van der Waals surface area contributed by atoms with E-state index in [0.29, 0.717) is 16.5 Å². The highest BCUT2D eigenvalue weighted by atomic mass is 35.5. The number of aryl methyl sites for hydroxylation is 1. The lowest BCUT2D eigenvalue weighted by atomic mass is 10.1. The van der Waals surface area contributed by atoms with Crippen LogP contribution in [0.3, 0.4) is 0 Å². The highest BCUT2D eigenvalue weighted by molar-refractivity contribution is 6.34. The number of hydrogen-bond donors (Lipinski definition) is 1. The molecule has 0 unspecified atom stereocenters. The molecule has 4 heteroatoms. The molecule has 0 aliphatic heterocycles. The fourth-order valence-electron chi connectivity index (χ4n) is 1.73. The van der Waals surface area contributed by atoms with E-state index in [9.17, 15) is 4.79 Å². The molecule has 0 saturated carbocycles. The SMILES string of the molecule is COc1ccc(C)c2c(C=O)c(Cl)[nH]c12. The first-order valence-corrected chi connectivity index (χ1v) is 4.86. The van der Waals surface area contributed by atoms with Gasteiger partial charge in [0.1, 0.15) is 10.9 Å². The Morgan fingerprint density at radius 3 is 2.80 bits per heavy atom. The van der Waals surface area contributed by atoms with Gasteiger partial charge in [-0.05, 0) is 18.6 Å². The molecule has 0 amide bonds. The second-order valence-corrected chi connectivity index (χ2v) is 3.68. The zero-order valence-corrected chi connectivity index (χ0v) is 9.18. The lowest BCUT2D eigenvalue weighted by Crippen LogP contribution is -1.86. The van der Waals surface area contributed by atoms with Crippen molar-refractivity contribution in [2.24, 2.45) is 0 Å². The van der Waals surface area contributed by atoms with Gasteiger partial charge in [-0.3, -0.25) is 4.79 Å². The van der Waals surface area contributed by atoms with E-state index < -0.39 is 0 Å². The van der Waals surface area contributed by atoms with E-state index in [0.717, 1.165) is 22.8 Å². The van der Waals surface area contributed by atoms with Crippen LogP contribution in [-0.2, 0) is 0 Å². The van der Waals surface area contributed by atoms with Crippen molar-refractivity contribution < 1.29 is 9.53 Å². The topological polar surface area (TPSA) is 42.1 Å². The molecule has 0 saturated heterocycles. The van der Waals surface area contributed by atoms with Gasteiger partial charge in [0.15, 0.2) is 6.29 Å². The highest BCUT2D eigenvalue weighted by Gasteiger charge is 2.14. The quantitative estimate of drug-likeness (QED) is 0.796. The van der Waals surface area contributed by atoms with Crippen LogP contribution in [-0.4, -0.2) is 18.4 Å². The lowest BCUT2D eigenvalue weighted by Gasteiger charge is -2.03. The summed E-state index contributed by atoms with van der Waals surface area (Å²) in [6.45, 7) is 1.93. The molecule has 1 heterocycles. The number of carbonyl (C=O) groups is 1. The van der Waals surface area contributed by atoms with E-state index >= 15 is 0 Å². The van der Waals surface area contributed by atoms with Crippen LogP contribution in [0.15, 0.2) is 12.1 Å². The lowest BCUT2D eigenvalue weighted by molar-refractivity contribution is 0.112. The smallest absolute Gasteiger partial charge is 0.153 e. The second-order valence-electron chi connectivity index (χ2n) is 3.31. The Bertz CT molecular complexity index is 531. The average Bonchev–Trinajstić information content (AvgIpc) is 2.56. The Balaban J connectivity index is 2.93. The van der Waals surface area contributed by atoms with Crippen LogP contribution in [0.2, 0.25) is 5.15 Å². The predicted molar refractivity (Wildman–Crippen MR) is 60.0 cm³/mol. The molecular formula is C11H10ClNO2. The number of aromatic amines is 1. The molecule has 0 bridgehead atoms. The Labute approximate surface area is 92.0 Å². The molecule has 0 fully saturated rings. The molecule has 0 aliphatic carbocycles. The van der Waals surface area contributed by atoms with Crippen molar-refractivity contribution in [3.8, 4) is 5.75 Å². The number of aromatic nitrogens is 1. The van der Waals surface area contributed by atoms with Crippen molar-refractivity contribution in [2.45, 2.75) is 6.92 Å². The molecule has 1 aromatic carbocycles. The van der Waals surface area contributed by atoms with Crippen molar-refractivity contribution in [3.63, 3.8) is 0 Å². The highest BCUT2D eigenvalue weighted by Crippen LogP contribution is 2.33. The number of rotatable bonds is 2. The Morgan fingerprint density at radius 2 is 2.20 bits per heavy atom. The number of halogens is 1. The molecular weight excluding hydrogens is 214 g/mol. The minimum absolute atomic E-state index is 0.354. The maximum Gasteiger partial charge on any atom is 0.153 e. The van der Waals surface area contributed by atoms with Crippen LogP contribution in [0.1, 0.15) is 15.9 Å². The molecule has 0 atom stereocenters. The Kier molecular flexibility index (Phi) is 2.40. The van der Waals surface area contributed by atoms with Crippen LogP contribution >= 0.6 is 11.6 Å². The maximum absolute atomic E-state index is 10.9. The Morgan fingerprint density at radius 1 is 1.47 bits per heavy atom. The standard InChI is InChI=1S/C11H10ClNO2/c1-6-3-4-8(15-2)10-9(6)7(5-14)11(12)13-10/h3-5,13H,1-2H3. The molecule has 0 aliphatic rings. The number of carbonyl (C=O) groups excluding carboxylic acids is 1. The summed E-state index contributed by atoms with van der Waals surface area (Å²) in [4.78, 5) is 13.9. The van der Waals surface area contributed by atoms with Crippen LogP contribution in [0.4, 0.5) is 0 Å². The minimum atomic E-state index is 0.354. The third kappa shape index (κ3) is 1.39. The van der Waals surface area contributed by atoms with Crippen LogP contribution < -0.4 is 4.74 Å². The van der Waals surface area contributed by atoms with Gasteiger partial charge in [0.05, 0.1) is 18.2 Å². The van der Waals surface area contributed by atoms with Crippen molar-refractivity contribution in [1.29, 1.82) is 0 Å². The number of fused-ring (bicyclic) bond motifs is 1. The van der Waals surface area contributed by atoms with Crippen molar-refractivity contribution >= 4 is 28.8 Å². The van der Waals surface area contributed by atoms with E-state index in [-0.39, 0.29) is 0 Å². The summed E-state index contributed by atoms with van der Waals surface area (Å²) in [7, 11) is 1.58. The molecule has 0 spiro atoms. The number of methoxy groups -OCH3 is 1. The summed E-state index contributed by atoms with van der Waals surface area (Å²) in [5, 5.41) is 1.18. The van der Waals surface area contributed by atoms with Crippen LogP contribution in [0.25, 0.3) is 10.9 Å². The number of hydrogen-bond acceptors (Lipinski definition) is 2. The molecule has 2 rings (SSSR count). The van der Waals surface area contributed by atoms with Crippen LogP contribution in [0.5, 0.6) is 5.75 Å². The summed E-state index contributed by atoms with van der Waals surface area (Å²) in [5.74, 6) is 0.686. The third-order valence-corrected chi connectivity index (χ3v) is 2.75. The predicted octanol–water partition coefficient (Wildman–Crippen LogP) is 2.95. The molecule has 1 aromatic heterocycles. The van der Waals surface area contributed by atoms with E-state index in [4.69, 9.17) is 16.3 Å². The number of aldehydes is 1. The van der Waals surface area contributed by atoms with Crippen molar-refractivity contribution in [1.82, 2.24) is 4.98 Å². The van der Waals surface area contributed by atoms with Crippen LogP contribution in [0, 0.1) is 6.92 Å². The monoisotopic (exact) mass is 223 g/mol. The normalized spacial score (nSPS) is 10.6. The average molecular weight is 224 g/mol. The first-order valence-electron chi connectivity index (χ1n) is 4.49. The summed E-state index contributed by atoms with van der Waals surface area (Å²) in [6.07, 6.45) is 0.758. The second kappa shape index (κ2) is 3.59. The van der Waals surface area contributed by atoms with Gasteiger partial charge in [-0.1, -0.05) is 17.7 Å². The number of ether oxygens (including phenoxy) is 1. The summed E-state index contributed by atoms with van der Waals surface area (Å²) >= 11 is 5.93. The largest absolute Gasteiger partial charge is 0.495 e. The third-order valence-electron chi connectivity index (χ3n) is 2.45. The van der Waals surface area contributed by atoms with E-state index in [2.05, 4.69) is 4.98 Å². The fourth-order valence-corrected chi connectivity index (χ4v) is 1.96.